The van der Waals surface area contributed by atoms with Crippen molar-refractivity contribution in [2.45, 2.75) is 26.4 Å². The van der Waals surface area contributed by atoms with Crippen molar-refractivity contribution in [1.29, 1.82) is 0 Å². The molecule has 1 aromatic rings. The Hall–Kier alpha value is -1.94. The molecule has 0 aliphatic rings. The molecular weight excluding hydrogens is 712 g/mol. The second-order valence-electron chi connectivity index (χ2n) is 11.2. The first-order chi connectivity index (χ1) is 26.6. The highest BCUT2D eigenvalue weighted by Crippen LogP contribution is 2.28. The van der Waals surface area contributed by atoms with Gasteiger partial charge in [-0.05, 0) is 26.0 Å². The quantitative estimate of drug-likeness (QED) is 0.0582. The Labute approximate surface area is 323 Å². The molecule has 0 aromatic heterocycles. The molecule has 2 N–H and O–H groups in total. The van der Waals surface area contributed by atoms with Gasteiger partial charge in [-0.2, -0.15) is 0 Å². The molecule has 0 bridgehead atoms. The lowest BCUT2D eigenvalue weighted by atomic mass is 10.2. The summed E-state index contributed by atoms with van der Waals surface area (Å²) in [4.78, 5) is 2.04. The minimum Gasteiger partial charge on any atom is -0.495 e. The zero-order valence-corrected chi connectivity index (χ0v) is 33.5. The molecule has 2 unspecified atom stereocenters. The van der Waals surface area contributed by atoms with E-state index in [1.165, 1.54) is 0 Å². The van der Waals surface area contributed by atoms with Crippen LogP contribution in [0.2, 0.25) is 0 Å². The van der Waals surface area contributed by atoms with Crippen LogP contribution in [-0.2, 0) is 66.3 Å². The molecule has 0 heterocycles. The Kier molecular flexibility index (Phi) is 35.2. The lowest BCUT2D eigenvalue weighted by molar-refractivity contribution is -0.163. The lowest BCUT2D eigenvalue weighted by Crippen LogP contribution is -2.43. The second kappa shape index (κ2) is 38.0. The van der Waals surface area contributed by atoms with Crippen LogP contribution in [0.1, 0.15) is 13.8 Å². The number of rotatable bonds is 42. The summed E-state index contributed by atoms with van der Waals surface area (Å²) < 4.78 is 84.8. The van der Waals surface area contributed by atoms with Crippen LogP contribution in [0.5, 0.6) is 5.75 Å². The fourth-order valence-corrected chi connectivity index (χ4v) is 4.46. The van der Waals surface area contributed by atoms with E-state index in [1.54, 1.807) is 27.4 Å². The summed E-state index contributed by atoms with van der Waals surface area (Å²) >= 11 is 0. The second-order valence-corrected chi connectivity index (χ2v) is 11.2. The molecule has 0 spiro atoms. The zero-order valence-electron chi connectivity index (χ0n) is 33.5. The molecule has 0 aliphatic carbocycles. The summed E-state index contributed by atoms with van der Waals surface area (Å²) in [5, 5.41) is 0. The molecule has 17 nitrogen and oxygen atoms in total. The Balaban J connectivity index is 2.98. The fraction of sp³-hybridized carbons (Fsp3) is 0.838. The normalized spacial score (nSPS) is 12.7. The van der Waals surface area contributed by atoms with Crippen LogP contribution in [0.4, 0.5) is 11.4 Å². The maximum absolute atomic E-state index is 6.21. The number of methoxy groups -OCH3 is 3. The maximum Gasteiger partial charge on any atom is 0.175 e. The van der Waals surface area contributed by atoms with Crippen molar-refractivity contribution in [2.24, 2.45) is 0 Å². The van der Waals surface area contributed by atoms with Gasteiger partial charge >= 0.3 is 0 Å². The van der Waals surface area contributed by atoms with E-state index in [4.69, 9.17) is 76.8 Å². The predicted octanol–water partition coefficient (Wildman–Crippen LogP) is 2.27. The van der Waals surface area contributed by atoms with Crippen LogP contribution < -0.4 is 15.4 Å². The van der Waals surface area contributed by atoms with Crippen LogP contribution >= 0.6 is 0 Å². The number of hydrogen-bond acceptors (Lipinski definition) is 17. The van der Waals surface area contributed by atoms with Crippen molar-refractivity contribution in [2.75, 3.05) is 190 Å². The summed E-state index contributed by atoms with van der Waals surface area (Å²) in [5.74, 6) is 0.529. The van der Waals surface area contributed by atoms with Gasteiger partial charge in [-0.15, -0.1) is 0 Å². The molecule has 0 saturated carbocycles. The van der Waals surface area contributed by atoms with E-state index in [0.717, 1.165) is 5.69 Å². The minimum absolute atomic E-state index is 0.287. The van der Waals surface area contributed by atoms with Gasteiger partial charge in [0.1, 0.15) is 5.75 Å². The van der Waals surface area contributed by atoms with Crippen LogP contribution in [0, 0.1) is 0 Å². The van der Waals surface area contributed by atoms with E-state index < -0.39 is 12.6 Å². The van der Waals surface area contributed by atoms with Crippen molar-refractivity contribution in [1.82, 2.24) is 0 Å². The van der Waals surface area contributed by atoms with Gasteiger partial charge in [0.2, 0.25) is 0 Å². The zero-order chi connectivity index (χ0) is 39.2. The Morgan fingerprint density at radius 1 is 0.463 bits per heavy atom. The van der Waals surface area contributed by atoms with Gasteiger partial charge in [0.05, 0.1) is 158 Å². The van der Waals surface area contributed by atoms with Crippen molar-refractivity contribution in [3.05, 3.63) is 18.2 Å². The highest BCUT2D eigenvalue weighted by Gasteiger charge is 2.22. The predicted molar refractivity (Wildman–Crippen MR) is 203 cm³/mol. The van der Waals surface area contributed by atoms with E-state index in [-0.39, 0.29) is 13.2 Å². The van der Waals surface area contributed by atoms with Crippen molar-refractivity contribution < 1.29 is 71.1 Å². The molecule has 0 fully saturated rings. The highest BCUT2D eigenvalue weighted by atomic mass is 16.7. The molecule has 17 heteroatoms. The fourth-order valence-electron chi connectivity index (χ4n) is 4.46. The average Bonchev–Trinajstić information content (AvgIpc) is 3.18. The summed E-state index contributed by atoms with van der Waals surface area (Å²) in [7, 11) is 4.83. The summed E-state index contributed by atoms with van der Waals surface area (Å²) in [6, 6.07) is 5.54. The SMILES string of the molecule is CCOCCOCCOCCOC(CN(CC(OCCOCCOC)OCCOCCOCCOCC)c1ccc(N)c(OC)c1)OCCOCCOC. The Morgan fingerprint density at radius 2 is 0.796 bits per heavy atom. The third kappa shape index (κ3) is 28.5. The molecular formula is C37H70N2O15. The number of nitrogens with zero attached hydrogens (tertiary/aromatic N) is 1. The third-order valence-corrected chi connectivity index (χ3v) is 7.21. The third-order valence-electron chi connectivity index (χ3n) is 7.21. The van der Waals surface area contributed by atoms with Crippen molar-refractivity contribution in [3.63, 3.8) is 0 Å². The van der Waals surface area contributed by atoms with E-state index >= 15 is 0 Å². The van der Waals surface area contributed by atoms with Crippen molar-refractivity contribution in [3.8, 4) is 5.75 Å². The Bertz CT molecular complexity index is 893. The number of ether oxygens (including phenoxy) is 15. The van der Waals surface area contributed by atoms with E-state index in [9.17, 15) is 0 Å². The van der Waals surface area contributed by atoms with Gasteiger partial charge in [-0.3, -0.25) is 0 Å². The van der Waals surface area contributed by atoms with Gasteiger partial charge in [-0.1, -0.05) is 0 Å². The molecule has 0 radical (unpaired) electrons. The minimum atomic E-state index is -0.672. The summed E-state index contributed by atoms with van der Waals surface area (Å²) in [5.41, 5.74) is 7.48. The maximum atomic E-state index is 6.21. The smallest absolute Gasteiger partial charge is 0.175 e. The first kappa shape index (κ1) is 50.1. The first-order valence-corrected chi connectivity index (χ1v) is 18.8. The van der Waals surface area contributed by atoms with Gasteiger partial charge < -0.3 is 81.7 Å². The van der Waals surface area contributed by atoms with Gasteiger partial charge in [0.25, 0.3) is 0 Å². The number of nitrogens with two attached hydrogens (primary N) is 1. The van der Waals surface area contributed by atoms with E-state index in [1.807, 2.05) is 30.9 Å². The van der Waals surface area contributed by atoms with E-state index in [0.29, 0.717) is 157 Å². The first-order valence-electron chi connectivity index (χ1n) is 18.8. The summed E-state index contributed by atoms with van der Waals surface area (Å²) in [6.07, 6.45) is -1.34. The number of benzene rings is 1. The van der Waals surface area contributed by atoms with E-state index in [2.05, 4.69) is 0 Å². The largest absolute Gasteiger partial charge is 0.495 e. The van der Waals surface area contributed by atoms with Crippen LogP contribution in [0.25, 0.3) is 0 Å². The number of nitrogen functional groups attached to an aromatic ring is 1. The van der Waals surface area contributed by atoms with Gasteiger partial charge in [-0.25, -0.2) is 0 Å². The standard InChI is InChI=1S/C37H70N2O15/c1-6-43-14-16-47-18-20-49-24-28-53-36(51-26-22-45-12-10-40-3)31-39(33-8-9-34(38)35(30-33)42-5)32-37(52-27-23-46-13-11-41-4)54-29-25-50-21-19-48-17-15-44-7-2/h8-9,30,36-37H,6-7,10-29,31-32,38H2,1-5H3. The lowest BCUT2D eigenvalue weighted by Gasteiger charge is -2.32. The molecule has 2 atom stereocenters. The van der Waals surface area contributed by atoms with Crippen LogP contribution in [0.15, 0.2) is 18.2 Å². The monoisotopic (exact) mass is 782 g/mol. The summed E-state index contributed by atoms with van der Waals surface area (Å²) in [6.45, 7) is 14.3. The van der Waals surface area contributed by atoms with Gasteiger partial charge in [0.15, 0.2) is 12.6 Å². The average molecular weight is 783 g/mol. The van der Waals surface area contributed by atoms with Crippen LogP contribution in [0.3, 0.4) is 0 Å². The number of anilines is 2. The van der Waals surface area contributed by atoms with Crippen LogP contribution in [-0.4, -0.2) is 192 Å². The number of hydrogen-bond donors (Lipinski definition) is 1. The Morgan fingerprint density at radius 3 is 1.13 bits per heavy atom. The van der Waals surface area contributed by atoms with Gasteiger partial charge in [0, 0.05) is 39.2 Å². The molecule has 1 aromatic carbocycles. The van der Waals surface area contributed by atoms with Crippen molar-refractivity contribution >= 4 is 11.4 Å². The molecule has 0 saturated heterocycles. The molecule has 54 heavy (non-hydrogen) atoms. The highest BCUT2D eigenvalue weighted by molar-refractivity contribution is 5.62. The molecule has 318 valence electrons. The molecule has 0 aliphatic heterocycles. The molecule has 1 rings (SSSR count). The topological polar surface area (TPSA) is 168 Å². The molecule has 0 amide bonds.